The molecule has 2 aliphatic heterocycles. The Morgan fingerprint density at radius 3 is 2.35 bits per heavy atom. The minimum atomic E-state index is 0.108. The summed E-state index contributed by atoms with van der Waals surface area (Å²) in [7, 11) is 0. The standard InChI is InChI=1S/C23H37N5O2S/c1-4-21(29)26-11-13-28(14-12-26)23-24-19-6-5-18(15-20(19)31-23)22(30)27-9-7-25(8-10-27)16-17(2)3/h17-18H,4-16H2,1-3H3. The Kier molecular flexibility index (Phi) is 7.16. The van der Waals surface area contributed by atoms with Gasteiger partial charge in [-0.05, 0) is 25.2 Å². The van der Waals surface area contributed by atoms with Crippen LogP contribution < -0.4 is 4.90 Å². The minimum Gasteiger partial charge on any atom is -0.345 e. The fourth-order valence-corrected chi connectivity index (χ4v) is 6.24. The van der Waals surface area contributed by atoms with Crippen molar-refractivity contribution in [3.63, 3.8) is 0 Å². The highest BCUT2D eigenvalue weighted by Crippen LogP contribution is 2.35. The fourth-order valence-electron chi connectivity index (χ4n) is 5.00. The molecule has 1 aliphatic carbocycles. The van der Waals surface area contributed by atoms with Gasteiger partial charge in [-0.25, -0.2) is 4.98 Å². The van der Waals surface area contributed by atoms with E-state index in [2.05, 4.69) is 28.5 Å². The van der Waals surface area contributed by atoms with Crippen LogP contribution in [0.25, 0.3) is 0 Å². The third-order valence-corrected chi connectivity index (χ3v) is 7.97. The topological polar surface area (TPSA) is 60.0 Å². The van der Waals surface area contributed by atoms with Crippen molar-refractivity contribution < 1.29 is 9.59 Å². The number of piperazine rings is 2. The molecule has 1 aromatic heterocycles. The van der Waals surface area contributed by atoms with Gasteiger partial charge in [-0.15, -0.1) is 11.3 Å². The second kappa shape index (κ2) is 9.86. The van der Waals surface area contributed by atoms with Gasteiger partial charge in [0.2, 0.25) is 11.8 Å². The van der Waals surface area contributed by atoms with E-state index in [-0.39, 0.29) is 11.8 Å². The molecule has 3 heterocycles. The van der Waals surface area contributed by atoms with E-state index in [4.69, 9.17) is 4.98 Å². The van der Waals surface area contributed by atoms with E-state index < -0.39 is 0 Å². The van der Waals surface area contributed by atoms with Gasteiger partial charge in [-0.2, -0.15) is 0 Å². The van der Waals surface area contributed by atoms with E-state index in [0.29, 0.717) is 18.2 Å². The van der Waals surface area contributed by atoms with E-state index in [1.807, 2.05) is 11.8 Å². The van der Waals surface area contributed by atoms with Gasteiger partial charge in [0.05, 0.1) is 5.69 Å². The largest absolute Gasteiger partial charge is 0.345 e. The van der Waals surface area contributed by atoms with Crippen LogP contribution in [-0.4, -0.2) is 90.4 Å². The van der Waals surface area contributed by atoms with Crippen LogP contribution in [0.15, 0.2) is 0 Å². The quantitative estimate of drug-likeness (QED) is 0.692. The van der Waals surface area contributed by atoms with Crippen molar-refractivity contribution in [2.45, 2.75) is 46.5 Å². The van der Waals surface area contributed by atoms with Gasteiger partial charge in [0, 0.05) is 76.1 Å². The molecule has 0 radical (unpaired) electrons. The maximum Gasteiger partial charge on any atom is 0.226 e. The Balaban J connectivity index is 1.31. The molecule has 8 heteroatoms. The first-order valence-electron chi connectivity index (χ1n) is 12.0. The van der Waals surface area contributed by atoms with E-state index >= 15 is 0 Å². The normalized spacial score (nSPS) is 22.7. The van der Waals surface area contributed by atoms with Crippen molar-refractivity contribution in [1.82, 2.24) is 19.7 Å². The number of hydrogen-bond acceptors (Lipinski definition) is 6. The summed E-state index contributed by atoms with van der Waals surface area (Å²) in [5.41, 5.74) is 1.19. The Hall–Kier alpha value is -1.67. The second-order valence-corrected chi connectivity index (χ2v) is 10.6. The van der Waals surface area contributed by atoms with E-state index in [1.54, 1.807) is 11.3 Å². The van der Waals surface area contributed by atoms with Crippen molar-refractivity contribution in [3.8, 4) is 0 Å². The predicted molar refractivity (Wildman–Crippen MR) is 125 cm³/mol. The van der Waals surface area contributed by atoms with Gasteiger partial charge in [0.15, 0.2) is 5.13 Å². The highest BCUT2D eigenvalue weighted by atomic mass is 32.1. The van der Waals surface area contributed by atoms with Crippen LogP contribution in [0, 0.1) is 11.8 Å². The lowest BCUT2D eigenvalue weighted by Crippen LogP contribution is -2.51. The van der Waals surface area contributed by atoms with Crippen LogP contribution in [0.1, 0.15) is 44.2 Å². The van der Waals surface area contributed by atoms with Crippen LogP contribution in [-0.2, 0) is 22.4 Å². The van der Waals surface area contributed by atoms with Crippen LogP contribution in [0.2, 0.25) is 0 Å². The summed E-state index contributed by atoms with van der Waals surface area (Å²) < 4.78 is 0. The molecule has 4 rings (SSSR count). The smallest absolute Gasteiger partial charge is 0.226 e. The summed E-state index contributed by atoms with van der Waals surface area (Å²) in [4.78, 5) is 40.2. The molecular formula is C23H37N5O2S. The number of aromatic nitrogens is 1. The molecule has 31 heavy (non-hydrogen) atoms. The average Bonchev–Trinajstić information content (AvgIpc) is 3.21. The van der Waals surface area contributed by atoms with Gasteiger partial charge in [-0.1, -0.05) is 20.8 Å². The predicted octanol–water partition coefficient (Wildman–Crippen LogP) is 2.11. The van der Waals surface area contributed by atoms with Gasteiger partial charge < -0.3 is 14.7 Å². The molecule has 1 aromatic rings. The van der Waals surface area contributed by atoms with Gasteiger partial charge in [0.25, 0.3) is 0 Å². The molecule has 2 saturated heterocycles. The van der Waals surface area contributed by atoms with Crippen molar-refractivity contribution >= 4 is 28.3 Å². The van der Waals surface area contributed by atoms with Crippen LogP contribution >= 0.6 is 11.3 Å². The van der Waals surface area contributed by atoms with Crippen LogP contribution in [0.4, 0.5) is 5.13 Å². The first-order valence-corrected chi connectivity index (χ1v) is 12.8. The molecule has 2 fully saturated rings. The van der Waals surface area contributed by atoms with Crippen molar-refractivity contribution in [3.05, 3.63) is 10.6 Å². The zero-order chi connectivity index (χ0) is 22.0. The van der Waals surface area contributed by atoms with E-state index in [9.17, 15) is 9.59 Å². The van der Waals surface area contributed by atoms with E-state index in [1.165, 1.54) is 10.6 Å². The molecule has 2 amide bonds. The number of aryl methyl sites for hydroxylation is 1. The molecule has 0 bridgehead atoms. The summed E-state index contributed by atoms with van der Waals surface area (Å²) in [5, 5.41) is 1.07. The molecule has 1 atom stereocenters. The Morgan fingerprint density at radius 1 is 1.03 bits per heavy atom. The van der Waals surface area contributed by atoms with Crippen LogP contribution in [0.5, 0.6) is 0 Å². The number of carbonyl (C=O) groups is 2. The molecule has 7 nitrogen and oxygen atoms in total. The number of fused-ring (bicyclic) bond motifs is 1. The fraction of sp³-hybridized carbons (Fsp3) is 0.783. The zero-order valence-electron chi connectivity index (χ0n) is 19.3. The Bertz CT molecular complexity index is 779. The Labute approximate surface area is 190 Å². The number of rotatable bonds is 5. The first-order chi connectivity index (χ1) is 14.9. The molecule has 0 spiro atoms. The van der Waals surface area contributed by atoms with E-state index in [0.717, 1.165) is 83.3 Å². The number of anilines is 1. The second-order valence-electron chi connectivity index (χ2n) is 9.55. The summed E-state index contributed by atoms with van der Waals surface area (Å²) in [6, 6.07) is 0. The first kappa shape index (κ1) is 22.5. The molecule has 3 aliphatic rings. The lowest BCUT2D eigenvalue weighted by molar-refractivity contribution is -0.137. The van der Waals surface area contributed by atoms with Gasteiger partial charge in [-0.3, -0.25) is 14.5 Å². The van der Waals surface area contributed by atoms with Crippen molar-refractivity contribution in [1.29, 1.82) is 0 Å². The highest BCUT2D eigenvalue weighted by Gasteiger charge is 2.33. The maximum atomic E-state index is 13.2. The van der Waals surface area contributed by atoms with Crippen molar-refractivity contribution in [2.75, 3.05) is 63.8 Å². The number of hydrogen-bond donors (Lipinski definition) is 0. The molecule has 0 N–H and O–H groups in total. The number of amides is 2. The summed E-state index contributed by atoms with van der Waals surface area (Å²) in [5.74, 6) is 1.37. The van der Waals surface area contributed by atoms with Gasteiger partial charge in [0.1, 0.15) is 0 Å². The number of nitrogens with zero attached hydrogens (tertiary/aromatic N) is 5. The molecule has 0 saturated carbocycles. The van der Waals surface area contributed by atoms with Crippen LogP contribution in [0.3, 0.4) is 0 Å². The summed E-state index contributed by atoms with van der Waals surface area (Å²) >= 11 is 1.76. The highest BCUT2D eigenvalue weighted by molar-refractivity contribution is 7.15. The average molecular weight is 448 g/mol. The maximum absolute atomic E-state index is 13.2. The SMILES string of the molecule is CCC(=O)N1CCN(c2nc3c(s2)CC(C(=O)N2CCN(CC(C)C)CC2)CC3)CC1. The summed E-state index contributed by atoms with van der Waals surface area (Å²) in [6.45, 7) is 14.5. The molecule has 1 unspecified atom stereocenters. The third-order valence-electron chi connectivity index (χ3n) is 6.79. The number of carbonyl (C=O) groups excluding carboxylic acids is 2. The molecule has 172 valence electrons. The minimum absolute atomic E-state index is 0.108. The summed E-state index contributed by atoms with van der Waals surface area (Å²) in [6.07, 6.45) is 3.24. The number of thiazole rings is 1. The molecular weight excluding hydrogens is 410 g/mol. The monoisotopic (exact) mass is 447 g/mol. The van der Waals surface area contributed by atoms with Crippen molar-refractivity contribution in [2.24, 2.45) is 11.8 Å². The third kappa shape index (κ3) is 5.22. The lowest BCUT2D eigenvalue weighted by atomic mass is 9.90. The Morgan fingerprint density at radius 2 is 1.71 bits per heavy atom. The van der Waals surface area contributed by atoms with Gasteiger partial charge >= 0.3 is 0 Å². The lowest BCUT2D eigenvalue weighted by Gasteiger charge is -2.37. The molecule has 0 aromatic carbocycles. The zero-order valence-corrected chi connectivity index (χ0v) is 20.1.